The second-order valence-corrected chi connectivity index (χ2v) is 7.51. The van der Waals surface area contributed by atoms with Crippen molar-refractivity contribution in [1.82, 2.24) is 25.5 Å². The molecule has 160 valence electrons. The average Bonchev–Trinajstić information content (AvgIpc) is 3.45. The fourth-order valence-electron chi connectivity index (χ4n) is 3.65. The van der Waals surface area contributed by atoms with Crippen molar-refractivity contribution in [2.75, 3.05) is 11.4 Å². The van der Waals surface area contributed by atoms with E-state index in [9.17, 15) is 14.0 Å². The van der Waals surface area contributed by atoms with E-state index >= 15 is 0 Å². The molecule has 0 saturated heterocycles. The number of tetrazole rings is 1. The molecule has 31 heavy (non-hydrogen) atoms. The van der Waals surface area contributed by atoms with Gasteiger partial charge in [0, 0.05) is 17.3 Å². The standard InChI is InChI=1S/C22H23FN6O2/c23-17-12-10-16(11-13-17)22-25-27-29(26-22)15-21(31)28(19-8-2-1-3-9-19)14-20(30)24-18-6-4-5-7-18/h1-3,8-13,18H,4-7,14-15H2,(H,24,30). The molecule has 2 amide bonds. The van der Waals surface area contributed by atoms with E-state index < -0.39 is 0 Å². The molecule has 0 radical (unpaired) electrons. The van der Waals surface area contributed by atoms with Crippen LogP contribution in [0, 0.1) is 5.82 Å². The first-order valence-electron chi connectivity index (χ1n) is 10.3. The van der Waals surface area contributed by atoms with Gasteiger partial charge in [-0.2, -0.15) is 4.80 Å². The van der Waals surface area contributed by atoms with E-state index in [1.54, 1.807) is 24.3 Å². The van der Waals surface area contributed by atoms with Crippen LogP contribution >= 0.6 is 0 Å². The van der Waals surface area contributed by atoms with Crippen LogP contribution in [0.3, 0.4) is 0 Å². The molecule has 1 aliphatic carbocycles. The van der Waals surface area contributed by atoms with Gasteiger partial charge in [-0.15, -0.1) is 10.2 Å². The summed E-state index contributed by atoms with van der Waals surface area (Å²) in [5.74, 6) is -0.600. The van der Waals surface area contributed by atoms with E-state index in [2.05, 4.69) is 20.7 Å². The third-order valence-corrected chi connectivity index (χ3v) is 5.22. The van der Waals surface area contributed by atoms with Crippen LogP contribution in [-0.4, -0.2) is 44.6 Å². The molecule has 1 aliphatic rings. The summed E-state index contributed by atoms with van der Waals surface area (Å²) >= 11 is 0. The largest absolute Gasteiger partial charge is 0.352 e. The summed E-state index contributed by atoms with van der Waals surface area (Å²) in [7, 11) is 0. The monoisotopic (exact) mass is 422 g/mol. The number of anilines is 1. The lowest BCUT2D eigenvalue weighted by molar-refractivity contribution is -0.124. The van der Waals surface area contributed by atoms with Crippen molar-refractivity contribution >= 4 is 17.5 Å². The zero-order valence-electron chi connectivity index (χ0n) is 16.9. The van der Waals surface area contributed by atoms with Gasteiger partial charge in [-0.3, -0.25) is 9.59 Å². The maximum Gasteiger partial charge on any atom is 0.251 e. The van der Waals surface area contributed by atoms with E-state index in [0.717, 1.165) is 25.7 Å². The molecule has 1 heterocycles. The number of amides is 2. The van der Waals surface area contributed by atoms with Crippen molar-refractivity contribution in [2.24, 2.45) is 0 Å². The Morgan fingerprint density at radius 2 is 1.77 bits per heavy atom. The Balaban J connectivity index is 1.47. The number of rotatable bonds is 7. The molecule has 2 aromatic carbocycles. The maximum absolute atomic E-state index is 13.1. The highest BCUT2D eigenvalue weighted by atomic mass is 19.1. The normalized spacial score (nSPS) is 13.8. The van der Waals surface area contributed by atoms with Crippen molar-refractivity contribution in [3.8, 4) is 11.4 Å². The fourth-order valence-corrected chi connectivity index (χ4v) is 3.65. The Morgan fingerprint density at radius 1 is 1.06 bits per heavy atom. The third kappa shape index (κ3) is 5.30. The molecule has 1 saturated carbocycles. The minimum atomic E-state index is -0.360. The second kappa shape index (κ2) is 9.46. The van der Waals surface area contributed by atoms with E-state index in [0.29, 0.717) is 11.3 Å². The molecule has 1 N–H and O–H groups in total. The van der Waals surface area contributed by atoms with Crippen molar-refractivity contribution in [3.05, 3.63) is 60.4 Å². The summed E-state index contributed by atoms with van der Waals surface area (Å²) in [6, 6.07) is 14.9. The summed E-state index contributed by atoms with van der Waals surface area (Å²) in [6.45, 7) is -0.265. The van der Waals surface area contributed by atoms with Gasteiger partial charge in [0.15, 0.2) is 0 Å². The minimum absolute atomic E-state index is 0.0845. The molecule has 0 bridgehead atoms. The SMILES string of the molecule is O=C(CN(C(=O)Cn1nnc(-c2ccc(F)cc2)n1)c1ccccc1)NC1CCCC1. The van der Waals surface area contributed by atoms with Crippen molar-refractivity contribution in [2.45, 2.75) is 38.3 Å². The molecule has 3 aromatic rings. The lowest BCUT2D eigenvalue weighted by atomic mass is 10.2. The summed E-state index contributed by atoms with van der Waals surface area (Å²) in [6.07, 6.45) is 4.17. The zero-order chi connectivity index (χ0) is 21.6. The van der Waals surface area contributed by atoms with Crippen molar-refractivity contribution < 1.29 is 14.0 Å². The Kier molecular flexibility index (Phi) is 6.30. The van der Waals surface area contributed by atoms with Crippen LogP contribution in [0.4, 0.5) is 10.1 Å². The minimum Gasteiger partial charge on any atom is -0.352 e. The molecule has 1 fully saturated rings. The first kappa shape index (κ1) is 20.6. The molecule has 4 rings (SSSR count). The number of carbonyl (C=O) groups is 2. The predicted octanol–water partition coefficient (Wildman–Crippen LogP) is 2.57. The van der Waals surface area contributed by atoms with Crippen molar-refractivity contribution in [1.29, 1.82) is 0 Å². The molecule has 0 spiro atoms. The second-order valence-electron chi connectivity index (χ2n) is 7.51. The quantitative estimate of drug-likeness (QED) is 0.632. The molecule has 0 atom stereocenters. The Morgan fingerprint density at radius 3 is 2.48 bits per heavy atom. The topological polar surface area (TPSA) is 93.0 Å². The van der Waals surface area contributed by atoms with Crippen LogP contribution in [0.2, 0.25) is 0 Å². The van der Waals surface area contributed by atoms with Crippen LogP contribution in [-0.2, 0) is 16.1 Å². The Labute approximate surface area is 179 Å². The Bertz CT molecular complexity index is 1030. The number of nitrogens with zero attached hydrogens (tertiary/aromatic N) is 5. The highest BCUT2D eigenvalue weighted by molar-refractivity contribution is 5.98. The number of aromatic nitrogens is 4. The van der Waals surface area contributed by atoms with Gasteiger partial charge in [-0.25, -0.2) is 4.39 Å². The van der Waals surface area contributed by atoms with Gasteiger partial charge in [-0.05, 0) is 54.5 Å². The summed E-state index contributed by atoms with van der Waals surface area (Å²) in [5.41, 5.74) is 1.21. The van der Waals surface area contributed by atoms with E-state index in [1.807, 2.05) is 18.2 Å². The van der Waals surface area contributed by atoms with E-state index in [1.165, 1.54) is 21.8 Å². The number of nitrogens with one attached hydrogen (secondary N) is 1. The van der Waals surface area contributed by atoms with E-state index in [-0.39, 0.29) is 42.6 Å². The first-order valence-corrected chi connectivity index (χ1v) is 10.3. The van der Waals surface area contributed by atoms with Gasteiger partial charge < -0.3 is 10.2 Å². The van der Waals surface area contributed by atoms with Crippen molar-refractivity contribution in [3.63, 3.8) is 0 Å². The lowest BCUT2D eigenvalue weighted by Crippen LogP contribution is -2.44. The third-order valence-electron chi connectivity index (χ3n) is 5.22. The summed E-state index contributed by atoms with van der Waals surface area (Å²) in [5, 5.41) is 15.1. The molecule has 0 unspecified atom stereocenters. The zero-order valence-corrected chi connectivity index (χ0v) is 16.9. The number of benzene rings is 2. The van der Waals surface area contributed by atoms with Crippen LogP contribution in [0.1, 0.15) is 25.7 Å². The summed E-state index contributed by atoms with van der Waals surface area (Å²) in [4.78, 5) is 28.2. The number of para-hydroxylation sites is 1. The van der Waals surface area contributed by atoms with Crippen LogP contribution < -0.4 is 10.2 Å². The molecule has 8 nitrogen and oxygen atoms in total. The highest BCUT2D eigenvalue weighted by Gasteiger charge is 2.23. The number of hydrogen-bond acceptors (Lipinski definition) is 5. The number of carbonyl (C=O) groups excluding carboxylic acids is 2. The van der Waals surface area contributed by atoms with Crippen LogP contribution in [0.15, 0.2) is 54.6 Å². The van der Waals surface area contributed by atoms with Gasteiger partial charge in [0.2, 0.25) is 11.7 Å². The predicted molar refractivity (Wildman–Crippen MR) is 112 cm³/mol. The molecule has 1 aromatic heterocycles. The smallest absolute Gasteiger partial charge is 0.251 e. The number of hydrogen-bond donors (Lipinski definition) is 1. The first-order chi connectivity index (χ1) is 15.1. The van der Waals surface area contributed by atoms with Gasteiger partial charge in [0.05, 0.1) is 0 Å². The number of halogens is 1. The summed E-state index contributed by atoms with van der Waals surface area (Å²) < 4.78 is 13.1. The highest BCUT2D eigenvalue weighted by Crippen LogP contribution is 2.19. The molecular formula is C22H23FN6O2. The van der Waals surface area contributed by atoms with Gasteiger partial charge in [-0.1, -0.05) is 31.0 Å². The maximum atomic E-state index is 13.1. The Hall–Kier alpha value is -3.62. The molecule has 0 aliphatic heterocycles. The average molecular weight is 422 g/mol. The van der Waals surface area contributed by atoms with Crippen LogP contribution in [0.5, 0.6) is 0 Å². The molecule has 9 heteroatoms. The van der Waals surface area contributed by atoms with Gasteiger partial charge >= 0.3 is 0 Å². The lowest BCUT2D eigenvalue weighted by Gasteiger charge is -2.23. The fraction of sp³-hybridized carbons (Fsp3) is 0.318. The van der Waals surface area contributed by atoms with Gasteiger partial charge in [0.25, 0.3) is 5.91 Å². The van der Waals surface area contributed by atoms with Crippen LogP contribution in [0.25, 0.3) is 11.4 Å². The van der Waals surface area contributed by atoms with Gasteiger partial charge in [0.1, 0.15) is 18.9 Å². The van der Waals surface area contributed by atoms with E-state index in [4.69, 9.17) is 0 Å². The molecular weight excluding hydrogens is 399 g/mol.